The van der Waals surface area contributed by atoms with Crippen molar-refractivity contribution in [3.63, 3.8) is 0 Å². The van der Waals surface area contributed by atoms with E-state index in [0.29, 0.717) is 0 Å². The predicted molar refractivity (Wildman–Crippen MR) is 199 cm³/mol. The van der Waals surface area contributed by atoms with Crippen molar-refractivity contribution in [2.24, 2.45) is 0 Å². The second-order valence-electron chi connectivity index (χ2n) is 11.6. The molecule has 5 heteroatoms. The molecule has 0 bridgehead atoms. The number of hydrogen-bond acceptors (Lipinski definition) is 3. The lowest BCUT2D eigenvalue weighted by molar-refractivity contribution is 0.613. The second kappa shape index (κ2) is 12.3. The van der Waals surface area contributed by atoms with E-state index in [9.17, 15) is 0 Å². The molecule has 7 aromatic carbocycles. The zero-order valence-electron chi connectivity index (χ0n) is 25.7. The molecule has 1 aromatic heterocycles. The van der Waals surface area contributed by atoms with Gasteiger partial charge in [0.1, 0.15) is 11.2 Å². The van der Waals surface area contributed by atoms with Gasteiger partial charge in [-0.25, -0.2) is 0 Å². The molecule has 0 aliphatic heterocycles. The molecule has 46 heavy (non-hydrogen) atoms. The third-order valence-corrected chi connectivity index (χ3v) is 12.9. The normalized spacial score (nSPS) is 12.4. The highest BCUT2D eigenvalue weighted by molar-refractivity contribution is 7.79. The Labute approximate surface area is 271 Å². The van der Waals surface area contributed by atoms with Gasteiger partial charge >= 0.3 is 8.16 Å². The predicted octanol–water partition coefficient (Wildman–Crippen LogP) is 10.7. The summed E-state index contributed by atoms with van der Waals surface area (Å²) in [5, 5.41) is 10.9. The second-order valence-corrected chi connectivity index (χ2v) is 15.2. The molecular weight excluding hydrogens is 600 g/mol. The van der Waals surface area contributed by atoms with Crippen molar-refractivity contribution in [2.45, 2.75) is 13.0 Å². The van der Waals surface area contributed by atoms with Crippen molar-refractivity contribution in [2.75, 3.05) is 11.7 Å². The Morgan fingerprint density at radius 1 is 0.522 bits per heavy atom. The molecular formula is C41H33NO2P2. The van der Waals surface area contributed by atoms with Crippen LogP contribution in [0.2, 0.25) is 0 Å². The Morgan fingerprint density at radius 3 is 1.52 bits per heavy atom. The van der Waals surface area contributed by atoms with Crippen LogP contribution in [0.3, 0.4) is 0 Å². The number of hydrogen-bond donors (Lipinski definition) is 0. The first-order chi connectivity index (χ1) is 22.7. The van der Waals surface area contributed by atoms with Gasteiger partial charge in [0.05, 0.1) is 0 Å². The third-order valence-electron chi connectivity index (χ3n) is 8.86. The van der Waals surface area contributed by atoms with Crippen LogP contribution in [0.4, 0.5) is 0 Å². The van der Waals surface area contributed by atoms with E-state index >= 15 is 0 Å². The maximum absolute atomic E-state index is 6.94. The molecule has 0 saturated heterocycles. The molecule has 8 rings (SSSR count). The van der Waals surface area contributed by atoms with Gasteiger partial charge in [-0.1, -0.05) is 146 Å². The van der Waals surface area contributed by atoms with Crippen LogP contribution in [-0.4, -0.2) is 7.05 Å². The van der Waals surface area contributed by atoms with Gasteiger partial charge in [-0.15, -0.1) is 0 Å². The lowest BCUT2D eigenvalue weighted by Crippen LogP contribution is -2.28. The van der Waals surface area contributed by atoms with Crippen LogP contribution in [0.5, 0.6) is 0 Å². The van der Waals surface area contributed by atoms with Gasteiger partial charge in [-0.2, -0.15) is 4.67 Å². The van der Waals surface area contributed by atoms with Crippen LogP contribution in [0.1, 0.15) is 18.5 Å². The summed E-state index contributed by atoms with van der Waals surface area (Å²) in [6.45, 7) is 2.27. The molecule has 0 fully saturated rings. The maximum atomic E-state index is 6.94. The summed E-state index contributed by atoms with van der Waals surface area (Å²) in [6.07, 6.45) is 0. The fourth-order valence-corrected chi connectivity index (χ4v) is 10.3. The van der Waals surface area contributed by atoms with E-state index in [1.54, 1.807) is 0 Å². The lowest BCUT2D eigenvalue weighted by atomic mass is 9.99. The Hall–Kier alpha value is -4.65. The Bertz CT molecular complexity index is 2230. The smallest absolute Gasteiger partial charge is 0.309 e. The Kier molecular flexibility index (Phi) is 7.68. The van der Waals surface area contributed by atoms with Crippen molar-refractivity contribution in [1.82, 2.24) is 0 Å². The van der Waals surface area contributed by atoms with Gasteiger partial charge in [0, 0.05) is 23.9 Å². The lowest BCUT2D eigenvalue weighted by Gasteiger charge is -2.28. The summed E-state index contributed by atoms with van der Waals surface area (Å²) in [4.78, 5) is 0. The summed E-state index contributed by atoms with van der Waals surface area (Å²) < 4.78 is 16.2. The summed E-state index contributed by atoms with van der Waals surface area (Å²) in [5.41, 5.74) is 2.98. The number of rotatable bonds is 6. The standard InChI is InChI=1S/C41H33NO2P2/c1-29(34-21-13-14-24-39(34)45(32-17-5-3-6-18-32)33-19-7-4-8-20-33)42(2)46-43-37-27-25-30-15-9-11-22-35(30)40(37)41-36-23-12-10-16-31(36)26-28-38(41)44-46/h3-29H,1-2H3/t29-/m1/s1. The van der Waals surface area contributed by atoms with Crippen LogP contribution >= 0.6 is 16.1 Å². The van der Waals surface area contributed by atoms with Crippen LogP contribution < -0.4 is 20.6 Å². The fourth-order valence-electron chi connectivity index (χ4n) is 6.46. The Morgan fingerprint density at radius 2 is 0.978 bits per heavy atom. The largest absolute Gasteiger partial charge is 0.408 e. The van der Waals surface area contributed by atoms with Crippen LogP contribution in [0.25, 0.3) is 43.5 Å². The molecule has 0 amide bonds. The molecule has 1 atom stereocenters. The van der Waals surface area contributed by atoms with E-state index in [1.807, 2.05) is 0 Å². The zero-order chi connectivity index (χ0) is 31.0. The van der Waals surface area contributed by atoms with Crippen molar-refractivity contribution in [3.8, 4) is 0 Å². The van der Waals surface area contributed by atoms with Crippen LogP contribution in [0.15, 0.2) is 166 Å². The summed E-state index contributed by atoms with van der Waals surface area (Å²) in [7, 11) is -0.146. The van der Waals surface area contributed by atoms with Gasteiger partial charge in [0.2, 0.25) is 0 Å². The van der Waals surface area contributed by atoms with E-state index in [-0.39, 0.29) is 6.04 Å². The number of fused-ring (bicyclic) bond motifs is 7. The first kappa shape index (κ1) is 28.8. The van der Waals surface area contributed by atoms with Crippen LogP contribution in [0, 0.1) is 0 Å². The van der Waals surface area contributed by atoms with Gasteiger partial charge < -0.3 is 8.39 Å². The van der Waals surface area contributed by atoms with E-state index in [4.69, 9.17) is 8.39 Å². The minimum Gasteiger partial charge on any atom is -0.408 e. The minimum absolute atomic E-state index is 0.0191. The average Bonchev–Trinajstić information content (AvgIpc) is 3.30. The molecule has 8 aromatic rings. The van der Waals surface area contributed by atoms with E-state index in [0.717, 1.165) is 32.7 Å². The first-order valence-electron chi connectivity index (χ1n) is 15.6. The zero-order valence-corrected chi connectivity index (χ0v) is 27.5. The van der Waals surface area contributed by atoms with Crippen LogP contribution in [-0.2, 0) is 0 Å². The molecule has 1 heterocycles. The highest BCUT2D eigenvalue weighted by Crippen LogP contribution is 2.44. The molecule has 0 spiro atoms. The molecule has 0 radical (unpaired) electrons. The van der Waals surface area contributed by atoms with Gasteiger partial charge in [-0.3, -0.25) is 0 Å². The third kappa shape index (κ3) is 5.12. The molecule has 0 aliphatic carbocycles. The minimum atomic E-state index is -1.51. The van der Waals surface area contributed by atoms with Crippen molar-refractivity contribution in [3.05, 3.63) is 163 Å². The maximum Gasteiger partial charge on any atom is 0.309 e. The van der Waals surface area contributed by atoms with Gasteiger partial charge in [0.25, 0.3) is 0 Å². The van der Waals surface area contributed by atoms with E-state index < -0.39 is 16.1 Å². The van der Waals surface area contributed by atoms with E-state index in [2.05, 4.69) is 176 Å². The monoisotopic (exact) mass is 633 g/mol. The van der Waals surface area contributed by atoms with Crippen molar-refractivity contribution < 1.29 is 8.39 Å². The quantitative estimate of drug-likeness (QED) is 0.171. The molecule has 0 aliphatic rings. The fraction of sp³-hybridized carbons (Fsp3) is 0.0732. The topological polar surface area (TPSA) is 29.5 Å². The summed E-state index contributed by atoms with van der Waals surface area (Å²) >= 11 is 0. The van der Waals surface area contributed by atoms with Crippen molar-refractivity contribution >= 4 is 75.5 Å². The highest BCUT2D eigenvalue weighted by atomic mass is 31.1. The summed E-state index contributed by atoms with van der Waals surface area (Å²) in [6, 6.07) is 56.3. The number of nitrogens with zero attached hydrogens (tertiary/aromatic N) is 1. The first-order valence-corrected chi connectivity index (χ1v) is 18.1. The SMILES string of the molecule is C[C@H](c1ccccc1P(c1ccccc1)c1ccccc1)N(C)p1oc2ccc3ccccc3c2c2c(ccc3ccccc32)o1. The summed E-state index contributed by atoms with van der Waals surface area (Å²) in [5.74, 6) is 0. The van der Waals surface area contributed by atoms with E-state index in [1.165, 1.54) is 32.2 Å². The Balaban J connectivity index is 1.33. The molecule has 224 valence electrons. The molecule has 3 nitrogen and oxygen atoms in total. The molecule has 0 saturated carbocycles. The average molecular weight is 634 g/mol. The number of benzene rings is 7. The van der Waals surface area contributed by atoms with Gasteiger partial charge in [0.15, 0.2) is 0 Å². The van der Waals surface area contributed by atoms with Gasteiger partial charge in [-0.05, 0) is 70.0 Å². The highest BCUT2D eigenvalue weighted by Gasteiger charge is 2.26. The molecule has 0 unspecified atom stereocenters. The molecule has 0 N–H and O–H groups in total. The van der Waals surface area contributed by atoms with Crippen molar-refractivity contribution in [1.29, 1.82) is 0 Å².